The quantitative estimate of drug-likeness (QED) is 0.199. The summed E-state index contributed by atoms with van der Waals surface area (Å²) in [7, 11) is 3.08. The number of rotatable bonds is 7. The molecule has 0 unspecified atom stereocenters. The van der Waals surface area contributed by atoms with Crippen LogP contribution in [-0.2, 0) is 12.8 Å². The summed E-state index contributed by atoms with van der Waals surface area (Å²) in [6, 6.07) is 10.4. The maximum Gasteiger partial charge on any atom is 0.258 e. The lowest BCUT2D eigenvalue weighted by Gasteiger charge is -2.13. The number of nitrogens with one attached hydrogen (secondary N) is 1. The summed E-state index contributed by atoms with van der Waals surface area (Å²) in [4.78, 5) is 29.5. The number of nitrogens with zero attached hydrogens (tertiary/aromatic N) is 4. The van der Waals surface area contributed by atoms with E-state index in [1.54, 1.807) is 19.3 Å². The zero-order valence-corrected chi connectivity index (χ0v) is 21.1. The number of pyridine rings is 2. The Balaban J connectivity index is 1.57. The highest BCUT2D eigenvalue weighted by molar-refractivity contribution is 8.00. The molecule has 3 heterocycles. The summed E-state index contributed by atoms with van der Waals surface area (Å²) < 4.78 is 7.44. The molecule has 0 saturated carbocycles. The summed E-state index contributed by atoms with van der Waals surface area (Å²) in [6.07, 6.45) is 3.01. The van der Waals surface area contributed by atoms with Gasteiger partial charge in [-0.1, -0.05) is 58.4 Å². The number of hydrogen-bond acceptors (Lipinski definition) is 8. The van der Waals surface area contributed by atoms with E-state index in [1.807, 2.05) is 24.3 Å². The van der Waals surface area contributed by atoms with Crippen LogP contribution in [0.1, 0.15) is 15.9 Å². The molecule has 0 spiro atoms. The van der Waals surface area contributed by atoms with Gasteiger partial charge in [0.25, 0.3) is 11.5 Å². The van der Waals surface area contributed by atoms with Crippen molar-refractivity contribution < 1.29 is 9.53 Å². The van der Waals surface area contributed by atoms with Crippen LogP contribution >= 0.6 is 46.3 Å². The van der Waals surface area contributed by atoms with Gasteiger partial charge < -0.3 is 9.30 Å². The van der Waals surface area contributed by atoms with Gasteiger partial charge in [0.15, 0.2) is 4.34 Å². The Bertz CT molecular complexity index is 1410. The summed E-state index contributed by atoms with van der Waals surface area (Å²) in [6.45, 7) is 0. The van der Waals surface area contributed by atoms with Crippen LogP contribution in [0.15, 0.2) is 57.9 Å². The molecule has 1 aromatic carbocycles. The van der Waals surface area contributed by atoms with Gasteiger partial charge in [0.1, 0.15) is 10.9 Å². The number of aromatic nitrogens is 4. The molecule has 1 amide bonds. The number of amides is 1. The highest BCUT2D eigenvalue weighted by Crippen LogP contribution is 2.34. The molecule has 0 aliphatic heterocycles. The third-order valence-corrected chi connectivity index (χ3v) is 7.22. The molecule has 8 nitrogen and oxygen atoms in total. The zero-order chi connectivity index (χ0) is 24.2. The number of hydrogen-bond donors (Lipinski definition) is 1. The summed E-state index contributed by atoms with van der Waals surface area (Å²) in [5.41, 5.74) is 1.88. The molecule has 0 saturated heterocycles. The zero-order valence-electron chi connectivity index (χ0n) is 17.9. The lowest BCUT2D eigenvalue weighted by atomic mass is 10.0. The van der Waals surface area contributed by atoms with E-state index in [1.165, 1.54) is 47.0 Å². The standard InChI is InChI=1S/C22H17Cl2N5O3S2/c1-29-10-16(14-7-18(24)25-9-17(14)32-2)15(8-19(29)30)20(31)26-21-27-28-22(34-21)33-11-12-3-5-13(23)6-4-12/h3-10H,11H2,1-2H3,(H,26,27,31). The van der Waals surface area contributed by atoms with Crippen LogP contribution < -0.4 is 15.6 Å². The number of carbonyl (C=O) groups is 1. The minimum Gasteiger partial charge on any atom is -0.494 e. The third-order valence-electron chi connectivity index (χ3n) is 4.72. The van der Waals surface area contributed by atoms with Gasteiger partial charge in [-0.15, -0.1) is 10.2 Å². The number of ether oxygens (including phenoxy) is 1. The number of methoxy groups -OCH3 is 1. The van der Waals surface area contributed by atoms with E-state index in [4.69, 9.17) is 27.9 Å². The molecule has 1 N–H and O–H groups in total. The Morgan fingerprint density at radius 2 is 1.94 bits per heavy atom. The fourth-order valence-electron chi connectivity index (χ4n) is 3.03. The number of anilines is 1. The molecule has 12 heteroatoms. The monoisotopic (exact) mass is 533 g/mol. The molecule has 0 atom stereocenters. The fraction of sp³-hybridized carbons (Fsp3) is 0.136. The predicted molar refractivity (Wildman–Crippen MR) is 135 cm³/mol. The van der Waals surface area contributed by atoms with Crippen molar-refractivity contribution >= 4 is 57.3 Å². The van der Waals surface area contributed by atoms with Crippen LogP contribution in [-0.4, -0.2) is 32.8 Å². The number of carbonyl (C=O) groups excluding carboxylic acids is 1. The third kappa shape index (κ3) is 5.58. The second-order valence-electron chi connectivity index (χ2n) is 7.00. The fourth-order valence-corrected chi connectivity index (χ4v) is 5.02. The van der Waals surface area contributed by atoms with Crippen LogP contribution in [0.25, 0.3) is 11.1 Å². The normalized spacial score (nSPS) is 10.8. The number of thioether (sulfide) groups is 1. The average Bonchev–Trinajstić information content (AvgIpc) is 3.27. The SMILES string of the molecule is COc1cnc(Cl)cc1-c1cn(C)c(=O)cc1C(=O)Nc1nnc(SCc2ccc(Cl)cc2)s1. The van der Waals surface area contributed by atoms with E-state index in [0.29, 0.717) is 37.1 Å². The Kier molecular flexibility index (Phi) is 7.52. The molecular weight excluding hydrogens is 517 g/mol. The van der Waals surface area contributed by atoms with Crippen molar-refractivity contribution in [2.45, 2.75) is 10.1 Å². The molecular formula is C22H17Cl2N5O3S2. The van der Waals surface area contributed by atoms with Gasteiger partial charge in [-0.05, 0) is 23.8 Å². The van der Waals surface area contributed by atoms with Gasteiger partial charge in [0.05, 0.1) is 18.9 Å². The average molecular weight is 534 g/mol. The van der Waals surface area contributed by atoms with Gasteiger partial charge in [-0.25, -0.2) is 4.98 Å². The number of aryl methyl sites for hydroxylation is 1. The van der Waals surface area contributed by atoms with Crippen molar-refractivity contribution in [3.05, 3.63) is 80.4 Å². The largest absolute Gasteiger partial charge is 0.494 e. The van der Waals surface area contributed by atoms with Crippen molar-refractivity contribution in [1.82, 2.24) is 19.7 Å². The molecule has 174 valence electrons. The molecule has 34 heavy (non-hydrogen) atoms. The van der Waals surface area contributed by atoms with Gasteiger partial charge in [0, 0.05) is 41.2 Å². The van der Waals surface area contributed by atoms with Gasteiger partial charge in [-0.2, -0.15) is 0 Å². The minimum atomic E-state index is -0.506. The first-order chi connectivity index (χ1) is 16.3. The van der Waals surface area contributed by atoms with Crippen LogP contribution in [0, 0.1) is 0 Å². The van der Waals surface area contributed by atoms with Crippen molar-refractivity contribution in [3.63, 3.8) is 0 Å². The maximum absolute atomic E-state index is 13.1. The van der Waals surface area contributed by atoms with E-state index in [9.17, 15) is 9.59 Å². The van der Waals surface area contributed by atoms with E-state index in [2.05, 4.69) is 20.5 Å². The summed E-state index contributed by atoms with van der Waals surface area (Å²) in [5, 5.41) is 12.1. The van der Waals surface area contributed by atoms with E-state index >= 15 is 0 Å². The van der Waals surface area contributed by atoms with Crippen molar-refractivity contribution in [2.24, 2.45) is 7.05 Å². The molecule has 3 aromatic heterocycles. The van der Waals surface area contributed by atoms with Crippen LogP contribution in [0.5, 0.6) is 5.75 Å². The number of benzene rings is 1. The molecule has 0 fully saturated rings. The van der Waals surface area contributed by atoms with Gasteiger partial charge in [0.2, 0.25) is 5.13 Å². The lowest BCUT2D eigenvalue weighted by Crippen LogP contribution is -2.21. The first kappa shape index (κ1) is 24.2. The first-order valence-corrected chi connectivity index (χ1v) is 12.3. The Morgan fingerprint density at radius 3 is 2.68 bits per heavy atom. The minimum absolute atomic E-state index is 0.147. The van der Waals surface area contributed by atoms with E-state index in [-0.39, 0.29) is 16.3 Å². The molecule has 0 bridgehead atoms. The Hall–Kier alpha value is -2.92. The van der Waals surface area contributed by atoms with Crippen LogP contribution in [0.4, 0.5) is 5.13 Å². The highest BCUT2D eigenvalue weighted by Gasteiger charge is 2.20. The maximum atomic E-state index is 13.1. The van der Waals surface area contributed by atoms with Crippen LogP contribution in [0.2, 0.25) is 10.2 Å². The van der Waals surface area contributed by atoms with E-state index in [0.717, 1.165) is 5.56 Å². The highest BCUT2D eigenvalue weighted by atomic mass is 35.5. The molecule has 0 radical (unpaired) electrons. The smallest absolute Gasteiger partial charge is 0.258 e. The summed E-state index contributed by atoms with van der Waals surface area (Å²) >= 11 is 14.7. The molecule has 0 aliphatic rings. The van der Waals surface area contributed by atoms with Gasteiger partial charge in [-0.3, -0.25) is 14.9 Å². The topological polar surface area (TPSA) is 99.0 Å². The lowest BCUT2D eigenvalue weighted by molar-refractivity contribution is 0.102. The Labute approximate surface area is 212 Å². The summed E-state index contributed by atoms with van der Waals surface area (Å²) in [5.74, 6) is 0.586. The van der Waals surface area contributed by atoms with Gasteiger partial charge >= 0.3 is 0 Å². The van der Waals surface area contributed by atoms with Crippen LogP contribution in [0.3, 0.4) is 0 Å². The first-order valence-electron chi connectivity index (χ1n) is 9.76. The second kappa shape index (κ2) is 10.6. The number of halogens is 2. The van der Waals surface area contributed by atoms with Crippen molar-refractivity contribution in [3.8, 4) is 16.9 Å². The second-order valence-corrected chi connectivity index (χ2v) is 10.0. The van der Waals surface area contributed by atoms with Crippen molar-refractivity contribution in [2.75, 3.05) is 12.4 Å². The van der Waals surface area contributed by atoms with Crippen molar-refractivity contribution in [1.29, 1.82) is 0 Å². The predicted octanol–water partition coefficient (Wildman–Crippen LogP) is 5.16. The molecule has 4 rings (SSSR count). The molecule has 4 aromatic rings. The van der Waals surface area contributed by atoms with E-state index < -0.39 is 5.91 Å². The molecule has 0 aliphatic carbocycles. The Morgan fingerprint density at radius 1 is 1.18 bits per heavy atom.